The molecule has 0 radical (unpaired) electrons. The van der Waals surface area contributed by atoms with Crippen molar-refractivity contribution < 1.29 is 5.11 Å². The number of aromatic hydroxyl groups is 1. The SMILES string of the molecule is CCc1csc(-c2cccc(O)c2)c1. The lowest BCUT2D eigenvalue weighted by molar-refractivity contribution is 0.475. The third kappa shape index (κ3) is 1.80. The zero-order valence-electron chi connectivity index (χ0n) is 8.03. The van der Waals surface area contributed by atoms with E-state index in [1.54, 1.807) is 23.5 Å². The van der Waals surface area contributed by atoms with Gasteiger partial charge >= 0.3 is 0 Å². The molecule has 0 unspecified atom stereocenters. The van der Waals surface area contributed by atoms with E-state index in [-0.39, 0.29) is 0 Å². The van der Waals surface area contributed by atoms with Crippen LogP contribution >= 0.6 is 11.3 Å². The Morgan fingerprint density at radius 3 is 2.79 bits per heavy atom. The standard InChI is InChI=1S/C12H12OS/c1-2-9-6-12(14-8-9)10-4-3-5-11(13)7-10/h3-8,13H,2H2,1H3. The van der Waals surface area contributed by atoms with Gasteiger partial charge in [0, 0.05) is 4.88 Å². The maximum Gasteiger partial charge on any atom is 0.116 e. The Morgan fingerprint density at radius 1 is 1.29 bits per heavy atom. The van der Waals surface area contributed by atoms with E-state index in [2.05, 4.69) is 18.4 Å². The molecule has 1 aromatic carbocycles. The van der Waals surface area contributed by atoms with E-state index >= 15 is 0 Å². The van der Waals surface area contributed by atoms with E-state index in [1.165, 1.54) is 10.4 Å². The van der Waals surface area contributed by atoms with Gasteiger partial charge in [0.15, 0.2) is 0 Å². The summed E-state index contributed by atoms with van der Waals surface area (Å²) in [5.74, 6) is 0.328. The summed E-state index contributed by atoms with van der Waals surface area (Å²) in [6.07, 6.45) is 1.06. The van der Waals surface area contributed by atoms with Gasteiger partial charge in [-0.25, -0.2) is 0 Å². The summed E-state index contributed by atoms with van der Waals surface area (Å²) >= 11 is 1.72. The molecule has 0 spiro atoms. The highest BCUT2D eigenvalue weighted by molar-refractivity contribution is 7.13. The summed E-state index contributed by atoms with van der Waals surface area (Å²) in [6, 6.07) is 9.56. The van der Waals surface area contributed by atoms with Gasteiger partial charge in [-0.1, -0.05) is 19.1 Å². The molecule has 0 fully saturated rings. The number of phenolic OH excluding ortho intramolecular Hbond substituents is 1. The highest BCUT2D eigenvalue weighted by Gasteiger charge is 2.01. The molecule has 0 amide bonds. The summed E-state index contributed by atoms with van der Waals surface area (Å²) in [6.45, 7) is 2.15. The number of hydrogen-bond acceptors (Lipinski definition) is 2. The van der Waals surface area contributed by atoms with Crippen LogP contribution in [0.4, 0.5) is 0 Å². The predicted octanol–water partition coefficient (Wildman–Crippen LogP) is 3.68. The molecule has 1 nitrogen and oxygen atoms in total. The molecular formula is C12H12OS. The molecule has 14 heavy (non-hydrogen) atoms. The van der Waals surface area contributed by atoms with Crippen LogP contribution in [0.25, 0.3) is 10.4 Å². The van der Waals surface area contributed by atoms with Crippen molar-refractivity contribution in [3.8, 4) is 16.2 Å². The zero-order valence-corrected chi connectivity index (χ0v) is 8.84. The normalized spacial score (nSPS) is 10.4. The van der Waals surface area contributed by atoms with Crippen LogP contribution in [-0.4, -0.2) is 5.11 Å². The van der Waals surface area contributed by atoms with Gasteiger partial charge < -0.3 is 5.11 Å². The summed E-state index contributed by atoms with van der Waals surface area (Å²) < 4.78 is 0. The van der Waals surface area contributed by atoms with Crippen molar-refractivity contribution in [3.63, 3.8) is 0 Å². The van der Waals surface area contributed by atoms with E-state index in [4.69, 9.17) is 0 Å². The number of hydrogen-bond donors (Lipinski definition) is 1. The zero-order chi connectivity index (χ0) is 9.97. The van der Waals surface area contributed by atoms with Crippen LogP contribution in [0, 0.1) is 0 Å². The van der Waals surface area contributed by atoms with Gasteiger partial charge in [0.05, 0.1) is 0 Å². The van der Waals surface area contributed by atoms with Gasteiger partial charge in [0.25, 0.3) is 0 Å². The van der Waals surface area contributed by atoms with Crippen molar-refractivity contribution >= 4 is 11.3 Å². The topological polar surface area (TPSA) is 20.2 Å². The molecule has 0 saturated heterocycles. The van der Waals surface area contributed by atoms with Crippen molar-refractivity contribution in [2.45, 2.75) is 13.3 Å². The molecular weight excluding hydrogens is 192 g/mol. The Bertz CT molecular complexity index is 431. The third-order valence-electron chi connectivity index (χ3n) is 2.19. The van der Waals surface area contributed by atoms with E-state index in [0.29, 0.717) is 5.75 Å². The highest BCUT2D eigenvalue weighted by Crippen LogP contribution is 2.29. The molecule has 2 aromatic rings. The number of thiophene rings is 1. The predicted molar refractivity (Wildman–Crippen MR) is 60.8 cm³/mol. The van der Waals surface area contributed by atoms with Crippen LogP contribution in [0.3, 0.4) is 0 Å². The minimum Gasteiger partial charge on any atom is -0.508 e. The summed E-state index contributed by atoms with van der Waals surface area (Å²) in [7, 11) is 0. The van der Waals surface area contributed by atoms with E-state index in [0.717, 1.165) is 12.0 Å². The monoisotopic (exact) mass is 204 g/mol. The molecule has 2 heteroatoms. The summed E-state index contributed by atoms with van der Waals surface area (Å²) in [5, 5.41) is 11.5. The molecule has 1 heterocycles. The van der Waals surface area contributed by atoms with Crippen LogP contribution in [0.1, 0.15) is 12.5 Å². The second kappa shape index (κ2) is 3.84. The molecule has 0 bridgehead atoms. The Hall–Kier alpha value is -1.28. The van der Waals surface area contributed by atoms with E-state index < -0.39 is 0 Å². The molecule has 0 aliphatic carbocycles. The van der Waals surface area contributed by atoms with Gasteiger partial charge in [-0.15, -0.1) is 11.3 Å². The number of rotatable bonds is 2. The minimum atomic E-state index is 0.328. The third-order valence-corrected chi connectivity index (χ3v) is 3.22. The second-order valence-electron chi connectivity index (χ2n) is 3.22. The molecule has 0 aliphatic rings. The maximum absolute atomic E-state index is 9.34. The molecule has 0 aliphatic heterocycles. The lowest BCUT2D eigenvalue weighted by Crippen LogP contribution is -1.72. The largest absolute Gasteiger partial charge is 0.508 e. The van der Waals surface area contributed by atoms with Gasteiger partial charge in [-0.2, -0.15) is 0 Å². The Morgan fingerprint density at radius 2 is 2.14 bits per heavy atom. The van der Waals surface area contributed by atoms with Crippen molar-refractivity contribution in [1.82, 2.24) is 0 Å². The maximum atomic E-state index is 9.34. The second-order valence-corrected chi connectivity index (χ2v) is 4.13. The van der Waals surface area contributed by atoms with Crippen molar-refractivity contribution in [3.05, 3.63) is 41.3 Å². The Labute approximate surface area is 87.7 Å². The number of phenols is 1. The Balaban J connectivity index is 2.39. The van der Waals surface area contributed by atoms with E-state index in [9.17, 15) is 5.11 Å². The molecule has 1 N–H and O–H groups in total. The fraction of sp³-hybridized carbons (Fsp3) is 0.167. The van der Waals surface area contributed by atoms with Crippen LogP contribution in [-0.2, 0) is 6.42 Å². The molecule has 0 saturated carbocycles. The van der Waals surface area contributed by atoms with Gasteiger partial charge in [0.1, 0.15) is 5.75 Å². The molecule has 2 rings (SSSR count). The fourth-order valence-corrected chi connectivity index (χ4v) is 2.37. The first-order chi connectivity index (χ1) is 6.79. The Kier molecular flexibility index (Phi) is 2.55. The minimum absolute atomic E-state index is 0.328. The highest BCUT2D eigenvalue weighted by atomic mass is 32.1. The quantitative estimate of drug-likeness (QED) is 0.791. The fourth-order valence-electron chi connectivity index (χ4n) is 1.37. The average Bonchev–Trinajstić information content (AvgIpc) is 2.66. The van der Waals surface area contributed by atoms with Gasteiger partial charge in [-0.05, 0) is 41.1 Å². The van der Waals surface area contributed by atoms with Crippen molar-refractivity contribution in [2.75, 3.05) is 0 Å². The first-order valence-corrected chi connectivity index (χ1v) is 5.54. The smallest absolute Gasteiger partial charge is 0.116 e. The number of aryl methyl sites for hydroxylation is 1. The van der Waals surface area contributed by atoms with Gasteiger partial charge in [-0.3, -0.25) is 0 Å². The summed E-state index contributed by atoms with van der Waals surface area (Å²) in [4.78, 5) is 1.22. The molecule has 1 aromatic heterocycles. The first-order valence-electron chi connectivity index (χ1n) is 4.66. The van der Waals surface area contributed by atoms with Crippen LogP contribution < -0.4 is 0 Å². The average molecular weight is 204 g/mol. The van der Waals surface area contributed by atoms with Crippen LogP contribution in [0.5, 0.6) is 5.75 Å². The van der Waals surface area contributed by atoms with Crippen molar-refractivity contribution in [2.24, 2.45) is 0 Å². The van der Waals surface area contributed by atoms with Crippen molar-refractivity contribution in [1.29, 1.82) is 0 Å². The summed E-state index contributed by atoms with van der Waals surface area (Å²) in [5.41, 5.74) is 2.45. The lowest BCUT2D eigenvalue weighted by Gasteiger charge is -1.97. The van der Waals surface area contributed by atoms with Crippen LogP contribution in [0.15, 0.2) is 35.7 Å². The van der Waals surface area contributed by atoms with E-state index in [1.807, 2.05) is 12.1 Å². The number of benzene rings is 1. The first kappa shape index (κ1) is 9.28. The van der Waals surface area contributed by atoms with Crippen LogP contribution in [0.2, 0.25) is 0 Å². The molecule has 0 atom stereocenters. The lowest BCUT2D eigenvalue weighted by atomic mass is 10.1. The van der Waals surface area contributed by atoms with Gasteiger partial charge in [0.2, 0.25) is 0 Å². The molecule has 72 valence electrons.